The zero-order chi connectivity index (χ0) is 22.0. The van der Waals surface area contributed by atoms with Crippen molar-refractivity contribution in [1.82, 2.24) is 0 Å². The molecule has 0 aliphatic carbocycles. The van der Waals surface area contributed by atoms with Crippen molar-refractivity contribution in [2.24, 2.45) is 0 Å². The summed E-state index contributed by atoms with van der Waals surface area (Å²) in [5.74, 6) is -0.220. The Morgan fingerprint density at radius 1 is 1.06 bits per heavy atom. The monoisotopic (exact) mass is 460 g/mol. The van der Waals surface area contributed by atoms with E-state index in [0.717, 1.165) is 11.3 Å². The molecule has 1 amide bonds. The number of esters is 1. The van der Waals surface area contributed by atoms with Crippen LogP contribution in [-0.2, 0) is 14.8 Å². The number of para-hydroxylation sites is 1. The largest absolute Gasteiger partial charge is 0.465 e. The van der Waals surface area contributed by atoms with Gasteiger partial charge in [-0.15, -0.1) is 11.3 Å². The summed E-state index contributed by atoms with van der Waals surface area (Å²) in [5.41, 5.74) is 0.610. The SMILES string of the molecule is COC(=O)c1sccc1S(=O)(=O)Nc1ccccc1C(=O)Nc1ccc2c(c1)OCO2. The van der Waals surface area contributed by atoms with E-state index in [2.05, 4.69) is 14.8 Å². The molecule has 3 aromatic rings. The maximum absolute atomic E-state index is 12.9. The molecule has 0 fully saturated rings. The number of carbonyl (C=O) groups is 2. The third kappa shape index (κ3) is 4.18. The van der Waals surface area contributed by atoms with Crippen molar-refractivity contribution < 1.29 is 32.2 Å². The van der Waals surface area contributed by atoms with Crippen LogP contribution in [0.1, 0.15) is 20.0 Å². The van der Waals surface area contributed by atoms with Gasteiger partial charge in [0.05, 0.1) is 18.4 Å². The van der Waals surface area contributed by atoms with Crippen molar-refractivity contribution in [1.29, 1.82) is 0 Å². The number of anilines is 2. The van der Waals surface area contributed by atoms with Crippen LogP contribution in [0.2, 0.25) is 0 Å². The first-order chi connectivity index (χ1) is 14.9. The van der Waals surface area contributed by atoms with Crippen LogP contribution >= 0.6 is 11.3 Å². The number of hydrogen-bond donors (Lipinski definition) is 2. The third-order valence-corrected chi connectivity index (χ3v) is 6.77. The van der Waals surface area contributed by atoms with Gasteiger partial charge in [0.1, 0.15) is 9.77 Å². The van der Waals surface area contributed by atoms with Gasteiger partial charge in [0.15, 0.2) is 11.5 Å². The molecule has 31 heavy (non-hydrogen) atoms. The van der Waals surface area contributed by atoms with E-state index in [1.165, 1.54) is 30.7 Å². The lowest BCUT2D eigenvalue weighted by atomic mass is 10.1. The summed E-state index contributed by atoms with van der Waals surface area (Å²) in [7, 11) is -2.98. The van der Waals surface area contributed by atoms with E-state index in [1.807, 2.05) is 0 Å². The zero-order valence-corrected chi connectivity index (χ0v) is 17.7. The molecule has 0 bridgehead atoms. The first-order valence-electron chi connectivity index (χ1n) is 8.88. The van der Waals surface area contributed by atoms with Crippen molar-refractivity contribution >= 4 is 44.6 Å². The fourth-order valence-corrected chi connectivity index (χ4v) is 5.31. The van der Waals surface area contributed by atoms with Crippen molar-refractivity contribution in [2.45, 2.75) is 4.90 Å². The Bertz CT molecular complexity index is 1270. The van der Waals surface area contributed by atoms with Gasteiger partial charge in [0.25, 0.3) is 15.9 Å². The van der Waals surface area contributed by atoms with Crippen LogP contribution in [0.15, 0.2) is 58.8 Å². The van der Waals surface area contributed by atoms with Gasteiger partial charge in [-0.3, -0.25) is 9.52 Å². The quantitative estimate of drug-likeness (QED) is 0.542. The maximum atomic E-state index is 12.9. The van der Waals surface area contributed by atoms with Crippen molar-refractivity contribution in [3.8, 4) is 11.5 Å². The van der Waals surface area contributed by atoms with Gasteiger partial charge in [-0.2, -0.15) is 0 Å². The number of carbonyl (C=O) groups excluding carboxylic acids is 2. The van der Waals surface area contributed by atoms with Crippen LogP contribution in [0.5, 0.6) is 11.5 Å². The molecule has 0 atom stereocenters. The number of benzene rings is 2. The van der Waals surface area contributed by atoms with Gasteiger partial charge in [0, 0.05) is 11.8 Å². The normalized spacial score (nSPS) is 12.3. The number of sulfonamides is 1. The van der Waals surface area contributed by atoms with Gasteiger partial charge in [-0.1, -0.05) is 12.1 Å². The van der Waals surface area contributed by atoms with Crippen LogP contribution in [0.25, 0.3) is 0 Å². The predicted octanol–water partition coefficient (Wildman–Crippen LogP) is 3.32. The van der Waals surface area contributed by atoms with E-state index < -0.39 is 21.9 Å². The number of rotatable bonds is 6. The molecule has 1 aliphatic rings. The number of nitrogens with one attached hydrogen (secondary N) is 2. The minimum absolute atomic E-state index is 0.0581. The number of amides is 1. The Morgan fingerprint density at radius 2 is 1.84 bits per heavy atom. The first-order valence-corrected chi connectivity index (χ1v) is 11.2. The minimum Gasteiger partial charge on any atom is -0.465 e. The van der Waals surface area contributed by atoms with Crippen molar-refractivity contribution in [3.63, 3.8) is 0 Å². The molecule has 0 radical (unpaired) electrons. The Morgan fingerprint density at radius 3 is 2.65 bits per heavy atom. The number of methoxy groups -OCH3 is 1. The molecule has 2 aromatic carbocycles. The molecular weight excluding hydrogens is 444 g/mol. The maximum Gasteiger partial charge on any atom is 0.349 e. The summed E-state index contributed by atoms with van der Waals surface area (Å²) in [6, 6.07) is 12.4. The lowest BCUT2D eigenvalue weighted by Crippen LogP contribution is -2.19. The highest BCUT2D eigenvalue weighted by molar-refractivity contribution is 7.93. The van der Waals surface area contributed by atoms with E-state index in [0.29, 0.717) is 17.2 Å². The molecule has 160 valence electrons. The standard InChI is InChI=1S/C20H16N2O7S2/c1-27-20(24)18-17(8-9-30-18)31(25,26)22-14-5-3-2-4-13(14)19(23)21-12-6-7-15-16(10-12)29-11-28-15/h2-10,22H,11H2,1H3,(H,21,23). The van der Waals surface area contributed by atoms with E-state index in [4.69, 9.17) is 9.47 Å². The second-order valence-corrected chi connectivity index (χ2v) is 8.85. The van der Waals surface area contributed by atoms with Crippen LogP contribution in [0.4, 0.5) is 11.4 Å². The fraction of sp³-hybridized carbons (Fsp3) is 0.100. The zero-order valence-electron chi connectivity index (χ0n) is 16.1. The van der Waals surface area contributed by atoms with Crippen LogP contribution in [-0.4, -0.2) is 34.2 Å². The Kier molecular flexibility index (Phi) is 5.53. The molecule has 1 aromatic heterocycles. The summed E-state index contributed by atoms with van der Waals surface area (Å²) in [5, 5.41) is 4.18. The number of fused-ring (bicyclic) bond motifs is 1. The van der Waals surface area contributed by atoms with Gasteiger partial charge >= 0.3 is 5.97 Å². The van der Waals surface area contributed by atoms with Crippen LogP contribution < -0.4 is 19.5 Å². The van der Waals surface area contributed by atoms with Gasteiger partial charge in [0.2, 0.25) is 6.79 Å². The molecule has 9 nitrogen and oxygen atoms in total. The molecule has 11 heteroatoms. The third-order valence-electron chi connectivity index (χ3n) is 4.34. The van der Waals surface area contributed by atoms with E-state index in [9.17, 15) is 18.0 Å². The van der Waals surface area contributed by atoms with Gasteiger partial charge in [-0.05, 0) is 35.7 Å². The molecule has 2 heterocycles. The Balaban J connectivity index is 1.59. The molecule has 0 unspecified atom stereocenters. The van der Waals surface area contributed by atoms with Gasteiger partial charge in [-0.25, -0.2) is 13.2 Å². The first kappa shape index (κ1) is 20.7. The highest BCUT2D eigenvalue weighted by Crippen LogP contribution is 2.34. The van der Waals surface area contributed by atoms with Crippen LogP contribution in [0, 0.1) is 0 Å². The number of hydrogen-bond acceptors (Lipinski definition) is 8. The van der Waals surface area contributed by atoms with Gasteiger partial charge < -0.3 is 19.5 Å². The van der Waals surface area contributed by atoms with E-state index >= 15 is 0 Å². The topological polar surface area (TPSA) is 120 Å². The lowest BCUT2D eigenvalue weighted by molar-refractivity contribution is 0.0602. The lowest BCUT2D eigenvalue weighted by Gasteiger charge is -2.13. The smallest absolute Gasteiger partial charge is 0.349 e. The highest BCUT2D eigenvalue weighted by atomic mass is 32.2. The number of thiophene rings is 1. The second-order valence-electron chi connectivity index (χ2n) is 6.28. The highest BCUT2D eigenvalue weighted by Gasteiger charge is 2.26. The summed E-state index contributed by atoms with van der Waals surface area (Å²) in [4.78, 5) is 24.4. The summed E-state index contributed by atoms with van der Waals surface area (Å²) >= 11 is 0.947. The molecule has 0 saturated carbocycles. The molecule has 1 aliphatic heterocycles. The van der Waals surface area contributed by atoms with Crippen LogP contribution in [0.3, 0.4) is 0 Å². The van der Waals surface area contributed by atoms with Crippen molar-refractivity contribution in [3.05, 3.63) is 64.4 Å². The molecule has 2 N–H and O–H groups in total. The Hall–Kier alpha value is -3.57. The predicted molar refractivity (Wildman–Crippen MR) is 113 cm³/mol. The molecule has 4 rings (SSSR count). The van der Waals surface area contributed by atoms with E-state index in [1.54, 1.807) is 30.3 Å². The van der Waals surface area contributed by atoms with Crippen molar-refractivity contribution in [2.75, 3.05) is 23.9 Å². The second kappa shape index (κ2) is 8.28. The number of ether oxygens (including phenoxy) is 3. The summed E-state index contributed by atoms with van der Waals surface area (Å²) < 4.78 is 43.3. The minimum atomic E-state index is -4.15. The average molecular weight is 460 g/mol. The Labute approximate surface area is 181 Å². The fourth-order valence-electron chi connectivity index (χ4n) is 2.89. The average Bonchev–Trinajstić information content (AvgIpc) is 3.43. The summed E-state index contributed by atoms with van der Waals surface area (Å²) in [6.45, 7) is 0.105. The molecular formula is C20H16N2O7S2. The summed E-state index contributed by atoms with van der Waals surface area (Å²) in [6.07, 6.45) is 0. The van der Waals surface area contributed by atoms with E-state index in [-0.39, 0.29) is 27.8 Å². The molecule has 0 spiro atoms. The molecule has 0 saturated heterocycles.